The summed E-state index contributed by atoms with van der Waals surface area (Å²) in [6.07, 6.45) is 4.57. The molecule has 2 heterocycles. The van der Waals surface area contributed by atoms with Gasteiger partial charge in [-0.25, -0.2) is 4.98 Å². The van der Waals surface area contributed by atoms with Crippen LogP contribution in [0.5, 0.6) is 0 Å². The number of nitrogens with one attached hydrogen (secondary N) is 1. The number of hydrogen-bond donors (Lipinski definition) is 1. The van der Waals surface area contributed by atoms with Crippen LogP contribution in [0.2, 0.25) is 0 Å². The molecular weight excluding hydrogens is 242 g/mol. The SMILES string of the molecule is CC(NCc1csc(-c2ccccn2)n1)C1CC1. The van der Waals surface area contributed by atoms with Gasteiger partial charge in [0.2, 0.25) is 0 Å². The maximum atomic E-state index is 4.63. The van der Waals surface area contributed by atoms with E-state index in [9.17, 15) is 0 Å². The van der Waals surface area contributed by atoms with Crippen molar-refractivity contribution in [3.8, 4) is 10.7 Å². The Morgan fingerprint density at radius 2 is 2.33 bits per heavy atom. The van der Waals surface area contributed by atoms with Gasteiger partial charge < -0.3 is 5.32 Å². The smallest absolute Gasteiger partial charge is 0.142 e. The van der Waals surface area contributed by atoms with Crippen LogP contribution >= 0.6 is 11.3 Å². The van der Waals surface area contributed by atoms with Crippen molar-refractivity contribution < 1.29 is 0 Å². The molecule has 0 bridgehead atoms. The summed E-state index contributed by atoms with van der Waals surface area (Å²) in [4.78, 5) is 8.95. The number of aromatic nitrogens is 2. The van der Waals surface area contributed by atoms with Gasteiger partial charge in [-0.2, -0.15) is 0 Å². The van der Waals surface area contributed by atoms with Crippen molar-refractivity contribution in [2.45, 2.75) is 32.4 Å². The monoisotopic (exact) mass is 259 g/mol. The van der Waals surface area contributed by atoms with Crippen molar-refractivity contribution in [3.63, 3.8) is 0 Å². The number of nitrogens with zero attached hydrogens (tertiary/aromatic N) is 2. The maximum Gasteiger partial charge on any atom is 0.142 e. The van der Waals surface area contributed by atoms with Gasteiger partial charge in [0.05, 0.1) is 11.4 Å². The summed E-state index contributed by atoms with van der Waals surface area (Å²) < 4.78 is 0. The van der Waals surface area contributed by atoms with Crippen molar-refractivity contribution in [1.29, 1.82) is 0 Å². The van der Waals surface area contributed by atoms with Gasteiger partial charge in [-0.3, -0.25) is 4.98 Å². The molecule has 0 saturated heterocycles. The summed E-state index contributed by atoms with van der Waals surface area (Å²) in [6, 6.07) is 6.54. The fraction of sp³-hybridized carbons (Fsp3) is 0.429. The molecule has 1 atom stereocenters. The summed E-state index contributed by atoms with van der Waals surface area (Å²) in [5.41, 5.74) is 2.08. The van der Waals surface area contributed by atoms with Gasteiger partial charge in [0.15, 0.2) is 0 Å². The van der Waals surface area contributed by atoms with E-state index in [2.05, 4.69) is 27.6 Å². The van der Waals surface area contributed by atoms with E-state index in [-0.39, 0.29) is 0 Å². The van der Waals surface area contributed by atoms with E-state index in [1.54, 1.807) is 11.3 Å². The van der Waals surface area contributed by atoms with Crippen LogP contribution in [-0.4, -0.2) is 16.0 Å². The lowest BCUT2D eigenvalue weighted by atomic mass is 10.2. The average Bonchev–Trinajstić information content (AvgIpc) is 3.16. The zero-order valence-electron chi connectivity index (χ0n) is 10.5. The lowest BCUT2D eigenvalue weighted by molar-refractivity contribution is 0.493. The highest BCUT2D eigenvalue weighted by Crippen LogP contribution is 2.32. The number of thiazole rings is 1. The Labute approximate surface area is 111 Å². The van der Waals surface area contributed by atoms with E-state index in [4.69, 9.17) is 0 Å². The van der Waals surface area contributed by atoms with Gasteiger partial charge in [-0.15, -0.1) is 11.3 Å². The molecule has 1 saturated carbocycles. The minimum absolute atomic E-state index is 0.616. The maximum absolute atomic E-state index is 4.63. The normalized spacial score (nSPS) is 16.7. The molecule has 0 spiro atoms. The number of rotatable bonds is 5. The molecule has 18 heavy (non-hydrogen) atoms. The molecule has 2 aromatic heterocycles. The van der Waals surface area contributed by atoms with Crippen LogP contribution in [0.3, 0.4) is 0 Å². The van der Waals surface area contributed by atoms with Crippen LogP contribution in [0.15, 0.2) is 29.8 Å². The van der Waals surface area contributed by atoms with E-state index < -0.39 is 0 Å². The van der Waals surface area contributed by atoms with E-state index >= 15 is 0 Å². The van der Waals surface area contributed by atoms with Crippen LogP contribution in [0.1, 0.15) is 25.5 Å². The average molecular weight is 259 g/mol. The molecule has 3 nitrogen and oxygen atoms in total. The molecule has 1 fully saturated rings. The molecule has 94 valence electrons. The van der Waals surface area contributed by atoms with Gasteiger partial charge in [-0.05, 0) is 37.8 Å². The summed E-state index contributed by atoms with van der Waals surface area (Å²) in [7, 11) is 0. The third-order valence-electron chi connectivity index (χ3n) is 3.37. The fourth-order valence-corrected chi connectivity index (χ4v) is 2.82. The molecule has 2 aromatic rings. The second-order valence-electron chi connectivity index (χ2n) is 4.87. The predicted molar refractivity (Wildman–Crippen MR) is 74.4 cm³/mol. The first-order valence-corrected chi connectivity index (χ1v) is 7.30. The zero-order chi connectivity index (χ0) is 12.4. The van der Waals surface area contributed by atoms with Crippen LogP contribution in [0.25, 0.3) is 10.7 Å². The van der Waals surface area contributed by atoms with Gasteiger partial charge in [-0.1, -0.05) is 6.07 Å². The lowest BCUT2D eigenvalue weighted by Crippen LogP contribution is -2.27. The van der Waals surface area contributed by atoms with E-state index in [1.165, 1.54) is 12.8 Å². The molecule has 0 aliphatic heterocycles. The summed E-state index contributed by atoms with van der Waals surface area (Å²) >= 11 is 1.66. The molecule has 3 rings (SSSR count). The van der Waals surface area contributed by atoms with E-state index in [0.29, 0.717) is 6.04 Å². The van der Waals surface area contributed by atoms with Gasteiger partial charge in [0, 0.05) is 24.2 Å². The van der Waals surface area contributed by atoms with Crippen LogP contribution in [0, 0.1) is 5.92 Å². The Balaban J connectivity index is 1.62. The molecule has 0 amide bonds. The standard InChI is InChI=1S/C14H17N3S/c1-10(11-5-6-11)16-8-12-9-18-14(17-12)13-4-2-3-7-15-13/h2-4,7,9-11,16H,5-6,8H2,1H3. The van der Waals surface area contributed by atoms with Gasteiger partial charge in [0.1, 0.15) is 5.01 Å². The number of pyridine rings is 1. The third kappa shape index (κ3) is 2.76. The van der Waals surface area contributed by atoms with Crippen LogP contribution < -0.4 is 5.32 Å². The minimum atomic E-state index is 0.616. The Kier molecular flexibility index (Phi) is 3.39. The van der Waals surface area contributed by atoms with E-state index in [0.717, 1.165) is 28.9 Å². The highest BCUT2D eigenvalue weighted by Gasteiger charge is 2.27. The predicted octanol–water partition coefficient (Wildman–Crippen LogP) is 3.09. The van der Waals surface area contributed by atoms with Crippen molar-refractivity contribution >= 4 is 11.3 Å². The van der Waals surface area contributed by atoms with Crippen LogP contribution in [0.4, 0.5) is 0 Å². The Bertz CT molecular complexity index is 505. The molecule has 1 N–H and O–H groups in total. The van der Waals surface area contributed by atoms with E-state index in [1.807, 2.05) is 24.4 Å². The third-order valence-corrected chi connectivity index (χ3v) is 4.28. The quantitative estimate of drug-likeness (QED) is 0.896. The molecule has 1 aliphatic carbocycles. The second-order valence-corrected chi connectivity index (χ2v) is 5.72. The van der Waals surface area contributed by atoms with Crippen molar-refractivity contribution in [3.05, 3.63) is 35.5 Å². The number of hydrogen-bond acceptors (Lipinski definition) is 4. The summed E-state index contributed by atoms with van der Waals surface area (Å²) in [5.74, 6) is 0.888. The van der Waals surface area contributed by atoms with Gasteiger partial charge >= 0.3 is 0 Å². The molecule has 4 heteroatoms. The zero-order valence-corrected chi connectivity index (χ0v) is 11.3. The van der Waals surface area contributed by atoms with Gasteiger partial charge in [0.25, 0.3) is 0 Å². The summed E-state index contributed by atoms with van der Waals surface area (Å²) in [5, 5.41) is 6.68. The van der Waals surface area contributed by atoms with Crippen molar-refractivity contribution in [2.24, 2.45) is 5.92 Å². The molecule has 1 aliphatic rings. The van der Waals surface area contributed by atoms with Crippen LogP contribution in [-0.2, 0) is 6.54 Å². The fourth-order valence-electron chi connectivity index (χ4n) is 2.02. The molecule has 0 aromatic carbocycles. The molecular formula is C14H17N3S. The Hall–Kier alpha value is -1.26. The highest BCUT2D eigenvalue weighted by atomic mass is 32.1. The first-order valence-electron chi connectivity index (χ1n) is 6.42. The highest BCUT2D eigenvalue weighted by molar-refractivity contribution is 7.13. The lowest BCUT2D eigenvalue weighted by Gasteiger charge is -2.10. The molecule has 0 radical (unpaired) electrons. The second kappa shape index (κ2) is 5.16. The largest absolute Gasteiger partial charge is 0.308 e. The molecule has 1 unspecified atom stereocenters. The first kappa shape index (κ1) is 11.8. The summed E-state index contributed by atoms with van der Waals surface area (Å²) in [6.45, 7) is 3.13. The van der Waals surface area contributed by atoms with Crippen molar-refractivity contribution in [1.82, 2.24) is 15.3 Å². The topological polar surface area (TPSA) is 37.8 Å². The first-order chi connectivity index (χ1) is 8.83. The minimum Gasteiger partial charge on any atom is -0.308 e. The van der Waals surface area contributed by atoms with Crippen molar-refractivity contribution in [2.75, 3.05) is 0 Å². The Morgan fingerprint density at radius 3 is 3.06 bits per heavy atom. The Morgan fingerprint density at radius 1 is 1.44 bits per heavy atom.